The van der Waals surface area contributed by atoms with Crippen LogP contribution < -0.4 is 0 Å². The topological polar surface area (TPSA) is 29.5 Å². The normalized spacial score (nSPS) is 24.3. The van der Waals surface area contributed by atoms with E-state index in [9.17, 15) is 4.79 Å². The summed E-state index contributed by atoms with van der Waals surface area (Å²) in [5, 5.41) is 0. The highest BCUT2D eigenvalue weighted by Gasteiger charge is 2.30. The fourth-order valence-electron chi connectivity index (χ4n) is 1.48. The zero-order chi connectivity index (χ0) is 8.27. The van der Waals surface area contributed by atoms with E-state index in [4.69, 9.17) is 4.74 Å². The molecule has 0 saturated carbocycles. The van der Waals surface area contributed by atoms with Crippen LogP contribution in [0.15, 0.2) is 0 Å². The second kappa shape index (κ2) is 3.72. The van der Waals surface area contributed by atoms with Crippen molar-refractivity contribution >= 4 is 5.97 Å². The van der Waals surface area contributed by atoms with Gasteiger partial charge in [-0.3, -0.25) is 9.69 Å². The molecule has 0 aromatic carbocycles. The van der Waals surface area contributed by atoms with E-state index in [-0.39, 0.29) is 12.0 Å². The molecule has 0 spiro atoms. The molecule has 1 aliphatic rings. The van der Waals surface area contributed by atoms with E-state index in [0.717, 1.165) is 19.5 Å². The Hall–Kier alpha value is -0.570. The van der Waals surface area contributed by atoms with E-state index >= 15 is 0 Å². The molecule has 1 unspecified atom stereocenters. The Bertz CT molecular complexity index is 143. The summed E-state index contributed by atoms with van der Waals surface area (Å²) in [6, 6.07) is 0.0324. The van der Waals surface area contributed by atoms with E-state index in [1.807, 2.05) is 0 Å². The summed E-state index contributed by atoms with van der Waals surface area (Å²) in [7, 11) is 0. The quantitative estimate of drug-likeness (QED) is 0.563. The molecule has 1 rings (SSSR count). The molecule has 64 valence electrons. The van der Waals surface area contributed by atoms with E-state index < -0.39 is 0 Å². The molecule has 0 aromatic rings. The zero-order valence-corrected chi connectivity index (χ0v) is 7.17. The lowest BCUT2D eigenvalue weighted by molar-refractivity contribution is -0.142. The number of carbonyl (C=O) groups excluding carboxylic acids is 1. The van der Waals surface area contributed by atoms with E-state index in [1.54, 1.807) is 0 Å². The highest BCUT2D eigenvalue weighted by molar-refractivity contribution is 5.77. The smallest absolute Gasteiger partial charge is 0.323 e. The van der Waals surface area contributed by atoms with Crippen molar-refractivity contribution in [2.45, 2.75) is 26.3 Å². The molecule has 1 saturated heterocycles. The molecule has 1 fully saturated rings. The van der Waals surface area contributed by atoms with Gasteiger partial charge in [0, 0.05) is 6.42 Å². The van der Waals surface area contributed by atoms with Crippen molar-refractivity contribution < 1.29 is 9.53 Å². The Labute approximate surface area is 67.3 Å². The summed E-state index contributed by atoms with van der Waals surface area (Å²) in [6.07, 6.45) is 0.862. The van der Waals surface area contributed by atoms with Gasteiger partial charge in [0.1, 0.15) is 6.04 Å². The predicted octanol–water partition coefficient (Wildman–Crippen LogP) is 0.644. The van der Waals surface area contributed by atoms with Gasteiger partial charge in [0.15, 0.2) is 0 Å². The minimum atomic E-state index is -0.0475. The van der Waals surface area contributed by atoms with Crippen LogP contribution in [-0.4, -0.2) is 36.6 Å². The van der Waals surface area contributed by atoms with Crippen molar-refractivity contribution in [3.63, 3.8) is 0 Å². The Morgan fingerprint density at radius 3 is 2.55 bits per heavy atom. The molecule has 0 bridgehead atoms. The first-order valence-electron chi connectivity index (χ1n) is 4.20. The number of esters is 1. The Kier molecular flexibility index (Phi) is 2.88. The highest BCUT2D eigenvalue weighted by atomic mass is 16.5. The van der Waals surface area contributed by atoms with Gasteiger partial charge in [-0.15, -0.1) is 0 Å². The van der Waals surface area contributed by atoms with Crippen LogP contribution in [0, 0.1) is 0 Å². The van der Waals surface area contributed by atoms with Crippen molar-refractivity contribution in [3.8, 4) is 0 Å². The monoisotopic (exact) mass is 157 g/mol. The van der Waals surface area contributed by atoms with Gasteiger partial charge in [-0.05, 0) is 13.1 Å². The van der Waals surface area contributed by atoms with E-state index in [0.29, 0.717) is 6.61 Å². The second-order valence-corrected chi connectivity index (χ2v) is 2.69. The fraction of sp³-hybridized carbons (Fsp3) is 0.875. The number of cyclic esters (lactones) is 1. The summed E-state index contributed by atoms with van der Waals surface area (Å²) >= 11 is 0. The number of ether oxygens (including phenoxy) is 1. The molecule has 0 aliphatic carbocycles. The van der Waals surface area contributed by atoms with Gasteiger partial charge in [-0.2, -0.15) is 0 Å². The van der Waals surface area contributed by atoms with Crippen LogP contribution in [0.2, 0.25) is 0 Å². The van der Waals surface area contributed by atoms with Crippen LogP contribution in [0.1, 0.15) is 20.3 Å². The van der Waals surface area contributed by atoms with Gasteiger partial charge in [-0.1, -0.05) is 13.8 Å². The standard InChI is InChI=1S/C8H15NO2/c1-3-9(4-2)7-5-6-11-8(7)10/h7H,3-6H2,1-2H3. The maximum Gasteiger partial charge on any atom is 0.323 e. The molecule has 0 amide bonds. The zero-order valence-electron chi connectivity index (χ0n) is 7.17. The number of hydrogen-bond acceptors (Lipinski definition) is 3. The fourth-order valence-corrected chi connectivity index (χ4v) is 1.48. The van der Waals surface area contributed by atoms with Crippen molar-refractivity contribution in [2.24, 2.45) is 0 Å². The van der Waals surface area contributed by atoms with Crippen molar-refractivity contribution in [2.75, 3.05) is 19.7 Å². The molecule has 11 heavy (non-hydrogen) atoms. The van der Waals surface area contributed by atoms with Crippen molar-refractivity contribution in [1.82, 2.24) is 4.90 Å². The second-order valence-electron chi connectivity index (χ2n) is 2.69. The van der Waals surface area contributed by atoms with Gasteiger partial charge in [0.2, 0.25) is 0 Å². The molecule has 0 N–H and O–H groups in total. The van der Waals surface area contributed by atoms with Crippen LogP contribution in [0.5, 0.6) is 0 Å². The summed E-state index contributed by atoms with van der Waals surface area (Å²) in [5.41, 5.74) is 0. The third-order valence-electron chi connectivity index (χ3n) is 2.16. The molecule has 0 radical (unpaired) electrons. The minimum absolute atomic E-state index is 0.0324. The Balaban J connectivity index is 2.49. The number of likely N-dealkylation sites (N-methyl/N-ethyl adjacent to an activating group) is 1. The van der Waals surface area contributed by atoms with Gasteiger partial charge in [0.25, 0.3) is 0 Å². The number of hydrogen-bond donors (Lipinski definition) is 0. The van der Waals surface area contributed by atoms with Crippen molar-refractivity contribution in [1.29, 1.82) is 0 Å². The lowest BCUT2D eigenvalue weighted by Gasteiger charge is -2.21. The third kappa shape index (κ3) is 1.71. The first-order chi connectivity index (χ1) is 5.29. The molecule has 3 heteroatoms. The van der Waals surface area contributed by atoms with Crippen LogP contribution in [0.4, 0.5) is 0 Å². The highest BCUT2D eigenvalue weighted by Crippen LogP contribution is 2.12. The van der Waals surface area contributed by atoms with Crippen LogP contribution in [0.3, 0.4) is 0 Å². The van der Waals surface area contributed by atoms with E-state index in [1.165, 1.54) is 0 Å². The predicted molar refractivity (Wildman–Crippen MR) is 42.3 cm³/mol. The number of rotatable bonds is 3. The van der Waals surface area contributed by atoms with Gasteiger partial charge in [-0.25, -0.2) is 0 Å². The summed E-state index contributed by atoms with van der Waals surface area (Å²) < 4.78 is 4.87. The van der Waals surface area contributed by atoms with Gasteiger partial charge >= 0.3 is 5.97 Å². The average molecular weight is 157 g/mol. The Morgan fingerprint density at radius 2 is 2.18 bits per heavy atom. The lowest BCUT2D eigenvalue weighted by Crippen LogP contribution is -2.38. The molecule has 3 nitrogen and oxygen atoms in total. The van der Waals surface area contributed by atoms with Crippen LogP contribution in [-0.2, 0) is 9.53 Å². The van der Waals surface area contributed by atoms with Gasteiger partial charge < -0.3 is 4.74 Å². The maximum atomic E-state index is 11.1. The first kappa shape index (κ1) is 8.53. The minimum Gasteiger partial charge on any atom is -0.464 e. The van der Waals surface area contributed by atoms with E-state index in [2.05, 4.69) is 18.7 Å². The average Bonchev–Trinajstić information content (AvgIpc) is 2.40. The maximum absolute atomic E-state index is 11.1. The Morgan fingerprint density at radius 1 is 1.55 bits per heavy atom. The van der Waals surface area contributed by atoms with Crippen molar-refractivity contribution in [3.05, 3.63) is 0 Å². The molecule has 0 aromatic heterocycles. The lowest BCUT2D eigenvalue weighted by atomic mass is 10.2. The number of carbonyl (C=O) groups is 1. The summed E-state index contributed by atoms with van der Waals surface area (Å²) in [6.45, 7) is 6.58. The molecular formula is C8H15NO2. The molecular weight excluding hydrogens is 142 g/mol. The third-order valence-corrected chi connectivity index (χ3v) is 2.16. The van der Waals surface area contributed by atoms with Crippen LogP contribution in [0.25, 0.3) is 0 Å². The van der Waals surface area contributed by atoms with Gasteiger partial charge in [0.05, 0.1) is 6.61 Å². The largest absolute Gasteiger partial charge is 0.464 e. The number of nitrogens with zero attached hydrogens (tertiary/aromatic N) is 1. The van der Waals surface area contributed by atoms with Crippen LogP contribution >= 0.6 is 0 Å². The molecule has 1 atom stereocenters. The summed E-state index contributed by atoms with van der Waals surface area (Å²) in [5.74, 6) is -0.0475. The molecule has 1 heterocycles. The SMILES string of the molecule is CCN(CC)C1CCOC1=O. The summed E-state index contributed by atoms with van der Waals surface area (Å²) in [4.78, 5) is 13.2. The molecule has 1 aliphatic heterocycles. The first-order valence-corrected chi connectivity index (χ1v) is 4.20.